The van der Waals surface area contributed by atoms with Crippen LogP contribution in [0.3, 0.4) is 0 Å². The van der Waals surface area contributed by atoms with Crippen molar-refractivity contribution in [2.45, 2.75) is 45.1 Å². The molecule has 4 nitrogen and oxygen atoms in total. The fraction of sp³-hybridized carbons (Fsp3) is 0.533. The Hall–Kier alpha value is -1.39. The minimum absolute atomic E-state index is 0.132. The minimum Gasteiger partial charge on any atom is -0.396 e. The fourth-order valence-corrected chi connectivity index (χ4v) is 1.88. The van der Waals surface area contributed by atoms with Gasteiger partial charge >= 0.3 is 0 Å². The molecule has 0 heterocycles. The van der Waals surface area contributed by atoms with Gasteiger partial charge in [0.15, 0.2) is 0 Å². The normalized spacial score (nSPS) is 12.2. The number of anilines is 1. The van der Waals surface area contributed by atoms with Gasteiger partial charge in [0.25, 0.3) is 0 Å². The quantitative estimate of drug-likeness (QED) is 0.673. The first-order valence-corrected chi connectivity index (χ1v) is 6.93. The Morgan fingerprint density at radius 1 is 1.42 bits per heavy atom. The molecule has 0 saturated heterocycles. The molecule has 0 unspecified atom stereocenters. The van der Waals surface area contributed by atoms with E-state index in [9.17, 15) is 4.79 Å². The van der Waals surface area contributed by atoms with Crippen molar-refractivity contribution in [3.63, 3.8) is 0 Å². The van der Waals surface area contributed by atoms with Gasteiger partial charge in [-0.2, -0.15) is 0 Å². The second-order valence-electron chi connectivity index (χ2n) is 4.77. The highest BCUT2D eigenvalue weighted by molar-refractivity contribution is 5.94. The van der Waals surface area contributed by atoms with Crippen LogP contribution in [0.25, 0.3) is 0 Å². The maximum absolute atomic E-state index is 11.9. The zero-order chi connectivity index (χ0) is 14.1. The minimum atomic E-state index is -0.443. The molecule has 0 saturated carbocycles. The van der Waals surface area contributed by atoms with Gasteiger partial charge in [-0.15, -0.1) is 0 Å². The van der Waals surface area contributed by atoms with Crippen molar-refractivity contribution < 1.29 is 9.90 Å². The number of unbranched alkanes of at least 4 members (excludes halogenated alkanes) is 1. The van der Waals surface area contributed by atoms with E-state index in [2.05, 4.69) is 12.2 Å². The maximum atomic E-state index is 11.9. The van der Waals surface area contributed by atoms with Gasteiger partial charge in [0.1, 0.15) is 0 Å². The van der Waals surface area contributed by atoms with Crippen molar-refractivity contribution in [2.24, 2.45) is 5.73 Å². The molecule has 0 spiro atoms. The van der Waals surface area contributed by atoms with Gasteiger partial charge < -0.3 is 16.2 Å². The number of benzene rings is 1. The van der Waals surface area contributed by atoms with Crippen molar-refractivity contribution >= 4 is 11.6 Å². The summed E-state index contributed by atoms with van der Waals surface area (Å²) in [6, 6.07) is 7.23. The molecule has 19 heavy (non-hydrogen) atoms. The molecule has 0 fully saturated rings. The van der Waals surface area contributed by atoms with Gasteiger partial charge in [0, 0.05) is 12.3 Å². The number of aryl methyl sites for hydroxylation is 1. The number of hydrogen-bond donors (Lipinski definition) is 3. The smallest absolute Gasteiger partial charge is 0.241 e. The summed E-state index contributed by atoms with van der Waals surface area (Å²) >= 11 is 0. The standard InChI is InChI=1S/C15H24N2O2/c1-2-3-9-14(16)15(19)17-13-8-4-6-12(11-13)7-5-10-18/h4,6,8,11,14,18H,2-3,5,7,9-10,16H2,1H3,(H,17,19)/t14-/m0/s1. The molecule has 1 amide bonds. The van der Waals surface area contributed by atoms with Crippen molar-refractivity contribution in [2.75, 3.05) is 11.9 Å². The lowest BCUT2D eigenvalue weighted by Crippen LogP contribution is -2.35. The van der Waals surface area contributed by atoms with E-state index in [0.717, 1.165) is 36.9 Å². The van der Waals surface area contributed by atoms with Crippen LogP contribution in [0, 0.1) is 0 Å². The Morgan fingerprint density at radius 2 is 2.21 bits per heavy atom. The van der Waals surface area contributed by atoms with Crippen LogP contribution in [0.5, 0.6) is 0 Å². The predicted molar refractivity (Wildman–Crippen MR) is 78.0 cm³/mol. The summed E-state index contributed by atoms with van der Waals surface area (Å²) in [4.78, 5) is 11.9. The first kappa shape index (κ1) is 15.7. The van der Waals surface area contributed by atoms with Gasteiger partial charge in [-0.3, -0.25) is 4.79 Å². The van der Waals surface area contributed by atoms with Crippen LogP contribution in [0.4, 0.5) is 5.69 Å². The maximum Gasteiger partial charge on any atom is 0.241 e. The molecule has 4 N–H and O–H groups in total. The Morgan fingerprint density at radius 3 is 2.89 bits per heavy atom. The van der Waals surface area contributed by atoms with E-state index in [1.807, 2.05) is 24.3 Å². The van der Waals surface area contributed by atoms with Gasteiger partial charge in [-0.25, -0.2) is 0 Å². The van der Waals surface area contributed by atoms with Crippen molar-refractivity contribution in [3.8, 4) is 0 Å². The van der Waals surface area contributed by atoms with Crippen LogP contribution in [0.1, 0.15) is 38.2 Å². The molecule has 1 atom stereocenters. The largest absolute Gasteiger partial charge is 0.396 e. The van der Waals surface area contributed by atoms with E-state index in [1.165, 1.54) is 0 Å². The molecule has 106 valence electrons. The van der Waals surface area contributed by atoms with Crippen LogP contribution < -0.4 is 11.1 Å². The molecule has 0 radical (unpaired) electrons. The highest BCUT2D eigenvalue weighted by Gasteiger charge is 2.12. The number of aliphatic hydroxyl groups is 1. The highest BCUT2D eigenvalue weighted by Crippen LogP contribution is 2.13. The molecular formula is C15H24N2O2. The first-order chi connectivity index (χ1) is 9.17. The van der Waals surface area contributed by atoms with Crippen molar-refractivity contribution in [1.29, 1.82) is 0 Å². The third-order valence-corrected chi connectivity index (χ3v) is 3.02. The number of amides is 1. The molecule has 0 bridgehead atoms. The Labute approximate surface area is 115 Å². The van der Waals surface area contributed by atoms with Crippen LogP contribution in [-0.4, -0.2) is 23.7 Å². The van der Waals surface area contributed by atoms with Crippen molar-refractivity contribution in [1.82, 2.24) is 0 Å². The summed E-state index contributed by atoms with van der Waals surface area (Å²) in [7, 11) is 0. The monoisotopic (exact) mass is 264 g/mol. The molecule has 0 aliphatic rings. The van der Waals surface area contributed by atoms with E-state index in [4.69, 9.17) is 10.8 Å². The molecule has 0 aliphatic heterocycles. The van der Waals surface area contributed by atoms with E-state index in [1.54, 1.807) is 0 Å². The number of aliphatic hydroxyl groups excluding tert-OH is 1. The number of carbonyl (C=O) groups excluding carboxylic acids is 1. The highest BCUT2D eigenvalue weighted by atomic mass is 16.2. The molecule has 0 aromatic heterocycles. The Kier molecular flexibility index (Phi) is 7.15. The zero-order valence-corrected chi connectivity index (χ0v) is 11.6. The van der Waals surface area contributed by atoms with E-state index in [0.29, 0.717) is 6.42 Å². The van der Waals surface area contributed by atoms with Gasteiger partial charge in [0.05, 0.1) is 6.04 Å². The fourth-order valence-electron chi connectivity index (χ4n) is 1.88. The predicted octanol–water partition coefficient (Wildman–Crippen LogP) is 2.07. The SMILES string of the molecule is CCCC[C@H](N)C(=O)Nc1cccc(CCCO)c1. The summed E-state index contributed by atoms with van der Waals surface area (Å²) in [6.07, 6.45) is 4.25. The zero-order valence-electron chi connectivity index (χ0n) is 11.6. The van der Waals surface area contributed by atoms with Crippen LogP contribution in [0.15, 0.2) is 24.3 Å². The third-order valence-electron chi connectivity index (χ3n) is 3.02. The molecular weight excluding hydrogens is 240 g/mol. The molecule has 1 rings (SSSR count). The summed E-state index contributed by atoms with van der Waals surface area (Å²) in [5.74, 6) is -0.132. The number of nitrogens with one attached hydrogen (secondary N) is 1. The Balaban J connectivity index is 2.53. The van der Waals surface area contributed by atoms with E-state index >= 15 is 0 Å². The average Bonchev–Trinajstić information content (AvgIpc) is 2.42. The summed E-state index contributed by atoms with van der Waals surface area (Å²) in [5.41, 5.74) is 7.70. The lowest BCUT2D eigenvalue weighted by atomic mass is 10.1. The summed E-state index contributed by atoms with van der Waals surface area (Å²) in [5, 5.41) is 11.7. The van der Waals surface area contributed by atoms with E-state index < -0.39 is 6.04 Å². The molecule has 0 aliphatic carbocycles. The van der Waals surface area contributed by atoms with Gasteiger partial charge in [0.2, 0.25) is 5.91 Å². The lowest BCUT2D eigenvalue weighted by molar-refractivity contribution is -0.117. The van der Waals surface area contributed by atoms with E-state index in [-0.39, 0.29) is 12.5 Å². The number of nitrogens with two attached hydrogens (primary N) is 1. The molecule has 1 aromatic rings. The Bertz CT molecular complexity index is 393. The second-order valence-corrected chi connectivity index (χ2v) is 4.77. The number of hydrogen-bond acceptors (Lipinski definition) is 3. The first-order valence-electron chi connectivity index (χ1n) is 6.93. The second kappa shape index (κ2) is 8.67. The molecule has 1 aromatic carbocycles. The third kappa shape index (κ3) is 5.85. The van der Waals surface area contributed by atoms with Crippen LogP contribution >= 0.6 is 0 Å². The van der Waals surface area contributed by atoms with Crippen LogP contribution in [-0.2, 0) is 11.2 Å². The lowest BCUT2D eigenvalue weighted by Gasteiger charge is -2.12. The number of rotatable bonds is 8. The summed E-state index contributed by atoms with van der Waals surface area (Å²) in [6.45, 7) is 2.26. The molecule has 4 heteroatoms. The van der Waals surface area contributed by atoms with Crippen molar-refractivity contribution in [3.05, 3.63) is 29.8 Å². The number of carbonyl (C=O) groups is 1. The summed E-state index contributed by atoms with van der Waals surface area (Å²) < 4.78 is 0. The van der Waals surface area contributed by atoms with Crippen LogP contribution in [0.2, 0.25) is 0 Å². The topological polar surface area (TPSA) is 75.4 Å². The average molecular weight is 264 g/mol. The van der Waals surface area contributed by atoms with Gasteiger partial charge in [-0.1, -0.05) is 31.9 Å². The van der Waals surface area contributed by atoms with Gasteiger partial charge in [-0.05, 0) is 37.0 Å².